The second-order valence-corrected chi connectivity index (χ2v) is 7.00. The molecular weight excluding hydrogens is 370 g/mol. The number of halogens is 1. The van der Waals surface area contributed by atoms with Crippen molar-refractivity contribution < 1.29 is 19.4 Å². The number of carbonyl (C=O) groups is 1. The zero-order valence-electron chi connectivity index (χ0n) is 15.1. The van der Waals surface area contributed by atoms with E-state index >= 15 is 0 Å². The molecule has 0 aliphatic heterocycles. The molecule has 2 N–H and O–H groups in total. The van der Waals surface area contributed by atoms with E-state index in [0.29, 0.717) is 23.6 Å². The summed E-state index contributed by atoms with van der Waals surface area (Å²) >= 11 is 6.17. The Morgan fingerprint density at radius 2 is 2.07 bits per heavy atom. The van der Waals surface area contributed by atoms with Crippen LogP contribution in [0.3, 0.4) is 0 Å². The minimum absolute atomic E-state index is 0.181. The lowest BCUT2D eigenvalue weighted by Crippen LogP contribution is -2.44. The smallest absolute Gasteiger partial charge is 0.319 e. The van der Waals surface area contributed by atoms with Crippen LogP contribution < -0.4 is 14.8 Å². The molecule has 7 nitrogen and oxygen atoms in total. The van der Waals surface area contributed by atoms with Gasteiger partial charge in [-0.05, 0) is 31.0 Å². The lowest BCUT2D eigenvalue weighted by molar-refractivity contribution is 0.00526. The van der Waals surface area contributed by atoms with Crippen molar-refractivity contribution in [3.63, 3.8) is 0 Å². The van der Waals surface area contributed by atoms with Crippen LogP contribution in [0.5, 0.6) is 17.6 Å². The number of hydrogen-bond donors (Lipinski definition) is 2. The van der Waals surface area contributed by atoms with Crippen molar-refractivity contribution in [1.82, 2.24) is 15.3 Å². The molecule has 1 fully saturated rings. The fourth-order valence-electron chi connectivity index (χ4n) is 3.07. The Labute approximate surface area is 162 Å². The van der Waals surface area contributed by atoms with Crippen molar-refractivity contribution >= 4 is 17.5 Å². The van der Waals surface area contributed by atoms with Crippen molar-refractivity contribution in [3.05, 3.63) is 41.0 Å². The molecular formula is C19H22ClN3O4. The molecule has 0 bridgehead atoms. The average molecular weight is 392 g/mol. The van der Waals surface area contributed by atoms with Gasteiger partial charge < -0.3 is 19.9 Å². The number of rotatable bonds is 6. The van der Waals surface area contributed by atoms with E-state index in [1.54, 1.807) is 18.2 Å². The standard InChI is InChI=1S/C19H22ClN3O4/c1-26-18-21-10-7-16(23-18)27-13-5-6-15(20)14(11-13)17(24)22-12-19(25)8-3-2-4-9-19/h5-7,10-11,25H,2-4,8-9,12H2,1H3,(H,22,24). The Morgan fingerprint density at radius 1 is 1.30 bits per heavy atom. The molecule has 1 aliphatic carbocycles. The van der Waals surface area contributed by atoms with Crippen LogP contribution in [0.15, 0.2) is 30.5 Å². The van der Waals surface area contributed by atoms with E-state index in [-0.39, 0.29) is 29.9 Å². The Balaban J connectivity index is 1.69. The van der Waals surface area contributed by atoms with E-state index in [4.69, 9.17) is 21.1 Å². The van der Waals surface area contributed by atoms with Crippen LogP contribution >= 0.6 is 11.6 Å². The zero-order valence-corrected chi connectivity index (χ0v) is 15.8. The molecule has 27 heavy (non-hydrogen) atoms. The molecule has 0 saturated heterocycles. The quantitative estimate of drug-likeness (QED) is 0.784. The fourth-order valence-corrected chi connectivity index (χ4v) is 3.27. The highest BCUT2D eigenvalue weighted by molar-refractivity contribution is 6.33. The molecule has 0 radical (unpaired) electrons. The molecule has 0 atom stereocenters. The van der Waals surface area contributed by atoms with Crippen LogP contribution in [0, 0.1) is 0 Å². The Hall–Kier alpha value is -2.38. The maximum absolute atomic E-state index is 12.5. The number of ether oxygens (including phenoxy) is 2. The van der Waals surface area contributed by atoms with E-state index in [9.17, 15) is 9.90 Å². The number of amides is 1. The highest BCUT2D eigenvalue weighted by atomic mass is 35.5. The molecule has 1 heterocycles. The Kier molecular flexibility index (Phi) is 6.13. The third-order valence-electron chi connectivity index (χ3n) is 4.56. The molecule has 0 unspecified atom stereocenters. The third kappa shape index (κ3) is 5.08. The maximum atomic E-state index is 12.5. The first kappa shape index (κ1) is 19.4. The van der Waals surface area contributed by atoms with Crippen LogP contribution in [-0.2, 0) is 0 Å². The SMILES string of the molecule is COc1nccc(Oc2ccc(Cl)c(C(=O)NCC3(O)CCCCC3)c2)n1. The van der Waals surface area contributed by atoms with Gasteiger partial charge in [0.2, 0.25) is 5.88 Å². The summed E-state index contributed by atoms with van der Waals surface area (Å²) in [6.07, 6.45) is 5.96. The molecule has 1 aliphatic rings. The Bertz CT molecular complexity index is 809. The fraction of sp³-hybridized carbons (Fsp3) is 0.421. The molecule has 144 valence electrons. The summed E-state index contributed by atoms with van der Waals surface area (Å²) in [5.41, 5.74) is -0.568. The van der Waals surface area contributed by atoms with Crippen molar-refractivity contribution in [2.75, 3.05) is 13.7 Å². The zero-order chi connectivity index (χ0) is 19.3. The second-order valence-electron chi connectivity index (χ2n) is 6.59. The van der Waals surface area contributed by atoms with E-state index in [2.05, 4.69) is 15.3 Å². The summed E-state index contributed by atoms with van der Waals surface area (Å²) in [5, 5.41) is 13.6. The van der Waals surface area contributed by atoms with Gasteiger partial charge in [-0.15, -0.1) is 0 Å². The number of carbonyl (C=O) groups excluding carboxylic acids is 1. The number of hydrogen-bond acceptors (Lipinski definition) is 6. The van der Waals surface area contributed by atoms with E-state index in [1.807, 2.05) is 0 Å². The van der Waals surface area contributed by atoms with Crippen molar-refractivity contribution in [2.45, 2.75) is 37.7 Å². The van der Waals surface area contributed by atoms with Gasteiger partial charge >= 0.3 is 6.01 Å². The first-order valence-electron chi connectivity index (χ1n) is 8.84. The number of aliphatic hydroxyl groups is 1. The van der Waals surface area contributed by atoms with Crippen LogP contribution in [-0.4, -0.2) is 40.2 Å². The number of nitrogens with zero attached hydrogens (tertiary/aromatic N) is 2. The minimum atomic E-state index is -0.841. The number of nitrogens with one attached hydrogen (secondary N) is 1. The second kappa shape index (κ2) is 8.54. The van der Waals surface area contributed by atoms with Gasteiger partial charge in [0.1, 0.15) is 5.75 Å². The van der Waals surface area contributed by atoms with Gasteiger partial charge in [-0.25, -0.2) is 4.98 Å². The van der Waals surface area contributed by atoms with E-state index in [1.165, 1.54) is 19.4 Å². The third-order valence-corrected chi connectivity index (χ3v) is 4.89. The average Bonchev–Trinajstić information content (AvgIpc) is 2.68. The first-order valence-corrected chi connectivity index (χ1v) is 9.22. The summed E-state index contributed by atoms with van der Waals surface area (Å²) in [5.74, 6) is 0.332. The van der Waals surface area contributed by atoms with Crippen LogP contribution in [0.25, 0.3) is 0 Å². The highest BCUT2D eigenvalue weighted by Gasteiger charge is 2.29. The normalized spacial score (nSPS) is 15.8. The molecule has 1 amide bonds. The maximum Gasteiger partial charge on any atom is 0.319 e. The van der Waals surface area contributed by atoms with Crippen LogP contribution in [0.4, 0.5) is 0 Å². The van der Waals surface area contributed by atoms with Gasteiger partial charge in [-0.1, -0.05) is 30.9 Å². The van der Waals surface area contributed by atoms with Gasteiger partial charge in [0.25, 0.3) is 5.91 Å². The van der Waals surface area contributed by atoms with Gasteiger partial charge in [0, 0.05) is 18.8 Å². The molecule has 3 rings (SSSR count). The monoisotopic (exact) mass is 391 g/mol. The molecule has 1 saturated carbocycles. The Morgan fingerprint density at radius 3 is 2.81 bits per heavy atom. The number of benzene rings is 1. The van der Waals surface area contributed by atoms with E-state index in [0.717, 1.165) is 19.3 Å². The molecule has 8 heteroatoms. The van der Waals surface area contributed by atoms with Crippen molar-refractivity contribution in [2.24, 2.45) is 0 Å². The summed E-state index contributed by atoms with van der Waals surface area (Å²) in [4.78, 5) is 20.5. The lowest BCUT2D eigenvalue weighted by Gasteiger charge is -2.32. The van der Waals surface area contributed by atoms with Gasteiger partial charge in [0.05, 0.1) is 23.3 Å². The highest BCUT2D eigenvalue weighted by Crippen LogP contribution is 2.28. The van der Waals surface area contributed by atoms with Crippen molar-refractivity contribution in [3.8, 4) is 17.6 Å². The van der Waals surface area contributed by atoms with Gasteiger partial charge in [-0.3, -0.25) is 4.79 Å². The van der Waals surface area contributed by atoms with Gasteiger partial charge in [0.15, 0.2) is 0 Å². The summed E-state index contributed by atoms with van der Waals surface area (Å²) in [6.45, 7) is 0.205. The topological polar surface area (TPSA) is 93.6 Å². The number of methoxy groups -OCH3 is 1. The summed E-state index contributed by atoms with van der Waals surface area (Å²) in [6, 6.07) is 6.52. The van der Waals surface area contributed by atoms with Crippen LogP contribution in [0.1, 0.15) is 42.5 Å². The predicted molar refractivity (Wildman–Crippen MR) is 100 cm³/mol. The molecule has 1 aromatic carbocycles. The first-order chi connectivity index (χ1) is 13.0. The van der Waals surface area contributed by atoms with Crippen molar-refractivity contribution in [1.29, 1.82) is 0 Å². The number of aromatic nitrogens is 2. The summed E-state index contributed by atoms with van der Waals surface area (Å²) < 4.78 is 10.6. The largest absolute Gasteiger partial charge is 0.467 e. The van der Waals surface area contributed by atoms with E-state index < -0.39 is 5.60 Å². The molecule has 0 spiro atoms. The molecule has 2 aromatic rings. The summed E-state index contributed by atoms with van der Waals surface area (Å²) in [7, 11) is 1.46. The lowest BCUT2D eigenvalue weighted by atomic mass is 9.85. The predicted octanol–water partition coefficient (Wildman–Crippen LogP) is 3.36. The minimum Gasteiger partial charge on any atom is -0.467 e. The van der Waals surface area contributed by atoms with Crippen LogP contribution in [0.2, 0.25) is 5.02 Å². The van der Waals surface area contributed by atoms with Gasteiger partial charge in [-0.2, -0.15) is 4.98 Å². The molecule has 1 aromatic heterocycles.